The second-order valence-corrected chi connectivity index (χ2v) is 14.0. The molecule has 0 bridgehead atoms. The van der Waals surface area contributed by atoms with Gasteiger partial charge in [0.1, 0.15) is 12.2 Å². The third kappa shape index (κ3) is 29.1. The number of unbranched alkanes of at least 4 members (excludes halogenated alkanes) is 30. The van der Waals surface area contributed by atoms with E-state index in [1.54, 1.807) is 0 Å². The molecule has 0 aromatic heterocycles. The summed E-state index contributed by atoms with van der Waals surface area (Å²) in [6.45, 7) is 7.75. The van der Waals surface area contributed by atoms with Gasteiger partial charge in [-0.2, -0.15) is 0 Å². The van der Waals surface area contributed by atoms with E-state index in [-0.39, 0.29) is 12.2 Å². The number of ether oxygens (including phenoxy) is 3. The SMILES string of the molecule is CCCCCCCCCCCCCCCCCCOC1COCC1OCCCCCCCCCCCCCCCCCC. The molecule has 0 aliphatic carbocycles. The van der Waals surface area contributed by atoms with E-state index < -0.39 is 0 Å². The fourth-order valence-electron chi connectivity index (χ4n) is 6.60. The normalized spacial score (nSPS) is 16.9. The molecular formula is C40H80O3. The summed E-state index contributed by atoms with van der Waals surface area (Å²) in [4.78, 5) is 0. The summed E-state index contributed by atoms with van der Waals surface area (Å²) in [6.07, 6.45) is 45.4. The molecule has 1 fully saturated rings. The zero-order valence-electron chi connectivity index (χ0n) is 29.8. The van der Waals surface area contributed by atoms with Gasteiger partial charge in [-0.1, -0.05) is 206 Å². The van der Waals surface area contributed by atoms with Crippen LogP contribution >= 0.6 is 0 Å². The maximum Gasteiger partial charge on any atom is 0.109 e. The van der Waals surface area contributed by atoms with Crippen molar-refractivity contribution in [3.63, 3.8) is 0 Å². The molecule has 2 unspecified atom stereocenters. The predicted molar refractivity (Wildman–Crippen MR) is 189 cm³/mol. The smallest absolute Gasteiger partial charge is 0.109 e. The van der Waals surface area contributed by atoms with Crippen LogP contribution in [-0.2, 0) is 14.2 Å². The summed E-state index contributed by atoms with van der Waals surface area (Å²) >= 11 is 0. The summed E-state index contributed by atoms with van der Waals surface area (Å²) in [5.74, 6) is 0. The highest BCUT2D eigenvalue weighted by Crippen LogP contribution is 2.18. The molecule has 1 saturated heterocycles. The van der Waals surface area contributed by atoms with Gasteiger partial charge in [0.2, 0.25) is 0 Å². The molecular weight excluding hydrogens is 528 g/mol. The van der Waals surface area contributed by atoms with Crippen LogP contribution < -0.4 is 0 Å². The molecule has 0 aromatic rings. The fraction of sp³-hybridized carbons (Fsp3) is 1.00. The lowest BCUT2D eigenvalue weighted by Gasteiger charge is -2.19. The van der Waals surface area contributed by atoms with Gasteiger partial charge in [-0.05, 0) is 12.8 Å². The Hall–Kier alpha value is -0.120. The monoisotopic (exact) mass is 609 g/mol. The highest BCUT2D eigenvalue weighted by atomic mass is 16.6. The maximum atomic E-state index is 6.17. The van der Waals surface area contributed by atoms with E-state index in [1.165, 1.54) is 205 Å². The van der Waals surface area contributed by atoms with Crippen molar-refractivity contribution in [1.29, 1.82) is 0 Å². The first-order valence-corrected chi connectivity index (χ1v) is 20.2. The van der Waals surface area contributed by atoms with Crippen LogP contribution in [-0.4, -0.2) is 38.6 Å². The van der Waals surface area contributed by atoms with Crippen LogP contribution in [0.1, 0.15) is 219 Å². The van der Waals surface area contributed by atoms with Crippen molar-refractivity contribution in [3.8, 4) is 0 Å². The summed E-state index contributed by atoms with van der Waals surface area (Å²) in [5.41, 5.74) is 0. The lowest BCUT2D eigenvalue weighted by Crippen LogP contribution is -2.30. The summed E-state index contributed by atoms with van der Waals surface area (Å²) in [7, 11) is 0. The van der Waals surface area contributed by atoms with Crippen molar-refractivity contribution in [1.82, 2.24) is 0 Å². The first kappa shape index (κ1) is 40.9. The molecule has 0 spiro atoms. The molecule has 1 heterocycles. The fourth-order valence-corrected chi connectivity index (χ4v) is 6.60. The molecule has 43 heavy (non-hydrogen) atoms. The van der Waals surface area contributed by atoms with Crippen LogP contribution in [0.25, 0.3) is 0 Å². The van der Waals surface area contributed by atoms with Crippen LogP contribution in [0.2, 0.25) is 0 Å². The molecule has 0 saturated carbocycles. The van der Waals surface area contributed by atoms with Crippen molar-refractivity contribution in [3.05, 3.63) is 0 Å². The van der Waals surface area contributed by atoms with Crippen LogP contribution in [0.5, 0.6) is 0 Å². The van der Waals surface area contributed by atoms with Crippen LogP contribution in [0.4, 0.5) is 0 Å². The number of hydrogen-bond donors (Lipinski definition) is 0. The Labute approximate surface area is 271 Å². The van der Waals surface area contributed by atoms with Gasteiger partial charge in [-0.15, -0.1) is 0 Å². The quantitative estimate of drug-likeness (QED) is 0.0662. The summed E-state index contributed by atoms with van der Waals surface area (Å²) in [6, 6.07) is 0. The molecule has 3 nitrogen and oxygen atoms in total. The predicted octanol–water partition coefficient (Wildman–Crippen LogP) is 13.3. The molecule has 3 heteroatoms. The van der Waals surface area contributed by atoms with Gasteiger partial charge in [0.05, 0.1) is 13.2 Å². The van der Waals surface area contributed by atoms with Gasteiger partial charge < -0.3 is 14.2 Å². The average molecular weight is 609 g/mol. The summed E-state index contributed by atoms with van der Waals surface area (Å²) < 4.78 is 18.0. The molecule has 1 aliphatic heterocycles. The zero-order valence-corrected chi connectivity index (χ0v) is 29.8. The number of rotatable bonds is 36. The van der Waals surface area contributed by atoms with Crippen LogP contribution in [0, 0.1) is 0 Å². The largest absolute Gasteiger partial charge is 0.376 e. The minimum atomic E-state index is 0.150. The molecule has 2 atom stereocenters. The first-order valence-electron chi connectivity index (χ1n) is 20.2. The van der Waals surface area contributed by atoms with E-state index in [9.17, 15) is 0 Å². The van der Waals surface area contributed by atoms with Gasteiger partial charge in [0, 0.05) is 13.2 Å². The molecule has 0 aromatic carbocycles. The Morgan fingerprint density at radius 1 is 0.326 bits per heavy atom. The van der Waals surface area contributed by atoms with E-state index in [4.69, 9.17) is 14.2 Å². The van der Waals surface area contributed by atoms with Crippen molar-refractivity contribution >= 4 is 0 Å². The molecule has 1 rings (SSSR count). The third-order valence-corrected chi connectivity index (χ3v) is 9.64. The Bertz CT molecular complexity index is 466. The van der Waals surface area contributed by atoms with E-state index >= 15 is 0 Å². The second-order valence-electron chi connectivity index (χ2n) is 14.0. The lowest BCUT2D eigenvalue weighted by molar-refractivity contribution is -0.0481. The highest BCUT2D eigenvalue weighted by molar-refractivity contribution is 4.76. The zero-order chi connectivity index (χ0) is 30.7. The Kier molecular flexibility index (Phi) is 33.1. The van der Waals surface area contributed by atoms with Gasteiger partial charge in [-0.25, -0.2) is 0 Å². The molecule has 1 aliphatic rings. The van der Waals surface area contributed by atoms with E-state index in [2.05, 4.69) is 13.8 Å². The standard InChI is InChI=1S/C40H80O3/c1-3-5-7-9-11-13-15-17-19-21-23-25-27-29-31-33-35-42-39-37-41-38-40(39)43-36-34-32-30-28-26-24-22-20-18-16-14-12-10-8-6-4-2/h39-40H,3-38H2,1-2H3. The van der Waals surface area contributed by atoms with Crippen molar-refractivity contribution in [2.24, 2.45) is 0 Å². The molecule has 0 radical (unpaired) electrons. The van der Waals surface area contributed by atoms with Crippen LogP contribution in [0.15, 0.2) is 0 Å². The minimum Gasteiger partial charge on any atom is -0.376 e. The maximum absolute atomic E-state index is 6.17. The van der Waals surface area contributed by atoms with Crippen molar-refractivity contribution < 1.29 is 14.2 Å². The van der Waals surface area contributed by atoms with Gasteiger partial charge in [0.25, 0.3) is 0 Å². The third-order valence-electron chi connectivity index (χ3n) is 9.64. The Morgan fingerprint density at radius 2 is 0.535 bits per heavy atom. The van der Waals surface area contributed by atoms with Gasteiger partial charge in [0.15, 0.2) is 0 Å². The Balaban J connectivity index is 1.77. The van der Waals surface area contributed by atoms with E-state index in [1.807, 2.05) is 0 Å². The van der Waals surface area contributed by atoms with Gasteiger partial charge >= 0.3 is 0 Å². The van der Waals surface area contributed by atoms with E-state index in [0.29, 0.717) is 13.2 Å². The highest BCUT2D eigenvalue weighted by Gasteiger charge is 2.29. The second kappa shape index (κ2) is 34.7. The average Bonchev–Trinajstić information content (AvgIpc) is 3.47. The molecule has 0 N–H and O–H groups in total. The lowest BCUT2D eigenvalue weighted by atomic mass is 10.0. The van der Waals surface area contributed by atoms with Crippen molar-refractivity contribution in [2.45, 2.75) is 232 Å². The molecule has 258 valence electrons. The van der Waals surface area contributed by atoms with E-state index in [0.717, 1.165) is 13.2 Å². The first-order chi connectivity index (χ1) is 21.4. The topological polar surface area (TPSA) is 27.7 Å². The Morgan fingerprint density at radius 3 is 0.767 bits per heavy atom. The van der Waals surface area contributed by atoms with Crippen LogP contribution in [0.3, 0.4) is 0 Å². The van der Waals surface area contributed by atoms with Crippen molar-refractivity contribution in [2.75, 3.05) is 26.4 Å². The minimum absolute atomic E-state index is 0.150. The number of hydrogen-bond acceptors (Lipinski definition) is 3. The van der Waals surface area contributed by atoms with Gasteiger partial charge in [-0.3, -0.25) is 0 Å². The summed E-state index contributed by atoms with van der Waals surface area (Å²) in [5, 5.41) is 0. The molecule has 0 amide bonds.